The quantitative estimate of drug-likeness (QED) is 0.425. The molecule has 0 aliphatic carbocycles. The van der Waals surface area contributed by atoms with Crippen molar-refractivity contribution in [2.24, 2.45) is 0 Å². The first-order valence-corrected chi connectivity index (χ1v) is 8.63. The lowest BCUT2D eigenvalue weighted by molar-refractivity contribution is -0.143. The van der Waals surface area contributed by atoms with Crippen LogP contribution in [0.15, 0.2) is 42.5 Å². The summed E-state index contributed by atoms with van der Waals surface area (Å²) in [6.07, 6.45) is 3.72. The van der Waals surface area contributed by atoms with Gasteiger partial charge in [0.15, 0.2) is 6.61 Å². The predicted molar refractivity (Wildman–Crippen MR) is 100 cm³/mol. The zero-order valence-corrected chi connectivity index (χ0v) is 15.1. The van der Waals surface area contributed by atoms with Gasteiger partial charge in [0.1, 0.15) is 0 Å². The zero-order valence-electron chi connectivity index (χ0n) is 15.1. The Morgan fingerprint density at radius 3 is 2.81 bits per heavy atom. The van der Waals surface area contributed by atoms with Crippen LogP contribution in [0.4, 0.5) is 0 Å². The molecule has 0 saturated heterocycles. The van der Waals surface area contributed by atoms with Crippen molar-refractivity contribution in [1.29, 1.82) is 0 Å². The minimum atomic E-state index is -0.585. The number of amides is 1. The van der Waals surface area contributed by atoms with E-state index in [-0.39, 0.29) is 18.6 Å². The first-order valence-electron chi connectivity index (χ1n) is 8.63. The summed E-state index contributed by atoms with van der Waals surface area (Å²) >= 11 is 0. The molecule has 0 saturated carbocycles. The van der Waals surface area contributed by atoms with Gasteiger partial charge in [-0.3, -0.25) is 4.79 Å². The van der Waals surface area contributed by atoms with Gasteiger partial charge in [0, 0.05) is 24.6 Å². The predicted octanol–water partition coefficient (Wildman–Crippen LogP) is 2.72. The third-order valence-corrected chi connectivity index (χ3v) is 3.45. The molecule has 138 valence electrons. The van der Waals surface area contributed by atoms with E-state index in [0.717, 1.165) is 10.9 Å². The third kappa shape index (κ3) is 7.03. The Kier molecular flexibility index (Phi) is 7.76. The second-order valence-corrected chi connectivity index (χ2v) is 5.99. The number of benzene rings is 1. The van der Waals surface area contributed by atoms with Crippen LogP contribution >= 0.6 is 0 Å². The Labute approximate surface area is 153 Å². The van der Waals surface area contributed by atoms with Crippen LogP contribution in [0.1, 0.15) is 26.0 Å². The van der Waals surface area contributed by atoms with Gasteiger partial charge in [-0.25, -0.2) is 9.78 Å². The monoisotopic (exact) mass is 356 g/mol. The van der Waals surface area contributed by atoms with E-state index in [2.05, 4.69) is 10.3 Å². The molecule has 1 aromatic carbocycles. The van der Waals surface area contributed by atoms with E-state index in [1.54, 1.807) is 6.08 Å². The highest BCUT2D eigenvalue weighted by Crippen LogP contribution is 2.12. The van der Waals surface area contributed by atoms with Crippen molar-refractivity contribution in [2.75, 3.05) is 19.8 Å². The van der Waals surface area contributed by atoms with E-state index in [0.29, 0.717) is 25.3 Å². The number of rotatable bonds is 9. The molecule has 0 atom stereocenters. The van der Waals surface area contributed by atoms with Gasteiger partial charge in [0.25, 0.3) is 5.91 Å². The van der Waals surface area contributed by atoms with Gasteiger partial charge in [-0.15, -0.1) is 0 Å². The highest BCUT2D eigenvalue weighted by molar-refractivity contribution is 5.89. The van der Waals surface area contributed by atoms with Gasteiger partial charge in [-0.1, -0.05) is 24.3 Å². The molecule has 26 heavy (non-hydrogen) atoms. The summed E-state index contributed by atoms with van der Waals surface area (Å²) in [5.41, 5.74) is 1.50. The van der Waals surface area contributed by atoms with Crippen LogP contribution in [0.5, 0.6) is 0 Å². The fourth-order valence-electron chi connectivity index (χ4n) is 2.18. The number of carbonyl (C=O) groups is 2. The highest BCUT2D eigenvalue weighted by atomic mass is 16.5. The van der Waals surface area contributed by atoms with Crippen molar-refractivity contribution >= 4 is 28.9 Å². The SMILES string of the molecule is CC(C)OCCCNC(=O)COC(=O)/C=C/c1ccc2ccccc2n1. The Bertz CT molecular complexity index is 771. The van der Waals surface area contributed by atoms with Crippen LogP contribution in [0.3, 0.4) is 0 Å². The number of nitrogens with zero attached hydrogens (tertiary/aromatic N) is 1. The van der Waals surface area contributed by atoms with E-state index in [1.807, 2.05) is 50.2 Å². The maximum atomic E-state index is 11.7. The van der Waals surface area contributed by atoms with E-state index >= 15 is 0 Å². The summed E-state index contributed by atoms with van der Waals surface area (Å²) in [6, 6.07) is 11.5. The van der Waals surface area contributed by atoms with E-state index in [4.69, 9.17) is 9.47 Å². The minimum absolute atomic E-state index is 0.176. The largest absolute Gasteiger partial charge is 0.452 e. The van der Waals surface area contributed by atoms with E-state index in [1.165, 1.54) is 6.08 Å². The molecule has 0 spiro atoms. The summed E-state index contributed by atoms with van der Waals surface area (Å²) in [4.78, 5) is 27.7. The molecule has 1 heterocycles. The zero-order chi connectivity index (χ0) is 18.8. The lowest BCUT2D eigenvalue weighted by Gasteiger charge is -2.08. The third-order valence-electron chi connectivity index (χ3n) is 3.45. The average molecular weight is 356 g/mol. The number of fused-ring (bicyclic) bond motifs is 1. The van der Waals surface area contributed by atoms with E-state index in [9.17, 15) is 9.59 Å². The molecule has 0 aliphatic rings. The van der Waals surface area contributed by atoms with Crippen molar-refractivity contribution in [1.82, 2.24) is 10.3 Å². The van der Waals surface area contributed by atoms with Gasteiger partial charge in [-0.2, -0.15) is 0 Å². The van der Waals surface area contributed by atoms with Crippen molar-refractivity contribution in [3.63, 3.8) is 0 Å². The standard InChI is InChI=1S/C20H24N2O4/c1-15(2)25-13-5-12-21-19(23)14-26-20(24)11-10-17-9-8-16-6-3-4-7-18(16)22-17/h3-4,6-11,15H,5,12-14H2,1-2H3,(H,21,23)/b11-10+. The molecule has 6 heteroatoms. The highest BCUT2D eigenvalue weighted by Gasteiger charge is 2.05. The smallest absolute Gasteiger partial charge is 0.331 e. The van der Waals surface area contributed by atoms with Crippen molar-refractivity contribution in [2.45, 2.75) is 26.4 Å². The summed E-state index contributed by atoms with van der Waals surface area (Å²) < 4.78 is 10.3. The summed E-state index contributed by atoms with van der Waals surface area (Å²) in [7, 11) is 0. The molecular weight excluding hydrogens is 332 g/mol. The molecule has 2 aromatic rings. The lowest BCUT2D eigenvalue weighted by atomic mass is 10.2. The van der Waals surface area contributed by atoms with Crippen molar-refractivity contribution < 1.29 is 19.1 Å². The fourth-order valence-corrected chi connectivity index (χ4v) is 2.18. The average Bonchev–Trinajstić information content (AvgIpc) is 2.64. The van der Waals surface area contributed by atoms with Crippen LogP contribution in [0.2, 0.25) is 0 Å². The van der Waals surface area contributed by atoms with Crippen LogP contribution in [0.25, 0.3) is 17.0 Å². The first kappa shape index (κ1) is 19.6. The maximum Gasteiger partial charge on any atom is 0.331 e. The van der Waals surface area contributed by atoms with Gasteiger partial charge in [-0.05, 0) is 38.5 Å². The fraction of sp³-hybridized carbons (Fsp3) is 0.350. The molecular formula is C20H24N2O4. The topological polar surface area (TPSA) is 77.5 Å². The van der Waals surface area contributed by atoms with Gasteiger partial charge in [0.05, 0.1) is 17.3 Å². The molecule has 0 fully saturated rings. The van der Waals surface area contributed by atoms with Crippen molar-refractivity contribution in [3.8, 4) is 0 Å². The summed E-state index contributed by atoms with van der Waals surface area (Å²) in [6.45, 7) is 4.68. The second-order valence-electron chi connectivity index (χ2n) is 5.99. The Balaban J connectivity index is 1.70. The Morgan fingerprint density at radius 2 is 2.00 bits per heavy atom. The normalized spacial score (nSPS) is 11.2. The Morgan fingerprint density at radius 1 is 1.19 bits per heavy atom. The number of carbonyl (C=O) groups excluding carboxylic acids is 2. The van der Waals surface area contributed by atoms with Gasteiger partial charge >= 0.3 is 5.97 Å². The summed E-state index contributed by atoms with van der Waals surface area (Å²) in [5.74, 6) is -0.918. The number of nitrogens with one attached hydrogen (secondary N) is 1. The Hall–Kier alpha value is -2.73. The number of hydrogen-bond acceptors (Lipinski definition) is 5. The van der Waals surface area contributed by atoms with Gasteiger partial charge < -0.3 is 14.8 Å². The molecule has 0 unspecified atom stereocenters. The molecule has 0 radical (unpaired) electrons. The molecule has 0 aliphatic heterocycles. The minimum Gasteiger partial charge on any atom is -0.452 e. The number of esters is 1. The van der Waals surface area contributed by atoms with Crippen molar-refractivity contribution in [3.05, 3.63) is 48.2 Å². The lowest BCUT2D eigenvalue weighted by Crippen LogP contribution is -2.30. The molecule has 6 nitrogen and oxygen atoms in total. The number of aromatic nitrogens is 1. The summed E-state index contributed by atoms with van der Waals surface area (Å²) in [5, 5.41) is 3.70. The number of pyridine rings is 1. The van der Waals surface area contributed by atoms with Crippen LogP contribution < -0.4 is 5.32 Å². The van der Waals surface area contributed by atoms with E-state index < -0.39 is 5.97 Å². The van der Waals surface area contributed by atoms with Crippen LogP contribution in [-0.2, 0) is 19.1 Å². The molecule has 1 amide bonds. The second kappa shape index (κ2) is 10.3. The first-order chi connectivity index (χ1) is 12.5. The number of hydrogen-bond donors (Lipinski definition) is 1. The van der Waals surface area contributed by atoms with Gasteiger partial charge in [0.2, 0.25) is 0 Å². The van der Waals surface area contributed by atoms with Crippen LogP contribution in [0, 0.1) is 0 Å². The molecule has 1 aromatic heterocycles. The molecule has 2 rings (SSSR count). The van der Waals surface area contributed by atoms with Crippen LogP contribution in [-0.4, -0.2) is 42.7 Å². The molecule has 0 bridgehead atoms. The maximum absolute atomic E-state index is 11.7. The molecule has 1 N–H and O–H groups in total. The number of ether oxygens (including phenoxy) is 2. The number of para-hydroxylation sites is 1.